The van der Waals surface area contributed by atoms with Crippen LogP contribution < -0.4 is 5.32 Å². The maximum absolute atomic E-state index is 12.4. The topological polar surface area (TPSA) is 52.6 Å². The van der Waals surface area contributed by atoms with Gasteiger partial charge in [-0.1, -0.05) is 18.2 Å². The summed E-state index contributed by atoms with van der Waals surface area (Å²) in [4.78, 5) is 14.3. The van der Waals surface area contributed by atoms with Crippen LogP contribution in [0.4, 0.5) is 5.69 Å². The van der Waals surface area contributed by atoms with Crippen LogP contribution in [-0.4, -0.2) is 42.2 Å². The standard InChI is InChI=1S/C15H22N2O2/c1-2-17(8-5-9-18)15(19)13-10-12-6-3-4-7-14(12)16-11-13/h3-4,6-7,13,16,18H,2,5,8-11H2,1H3. The highest BCUT2D eigenvalue weighted by atomic mass is 16.3. The molecule has 0 aromatic heterocycles. The summed E-state index contributed by atoms with van der Waals surface area (Å²) in [7, 11) is 0. The average Bonchev–Trinajstić information content (AvgIpc) is 2.47. The third-order valence-corrected chi connectivity index (χ3v) is 3.65. The molecule has 1 aliphatic heterocycles. The summed E-state index contributed by atoms with van der Waals surface area (Å²) in [6.07, 6.45) is 1.45. The number of para-hydroxylation sites is 1. The van der Waals surface area contributed by atoms with Crippen molar-refractivity contribution in [3.8, 4) is 0 Å². The molecule has 0 aliphatic carbocycles. The van der Waals surface area contributed by atoms with E-state index in [1.54, 1.807) is 0 Å². The molecule has 1 unspecified atom stereocenters. The van der Waals surface area contributed by atoms with Crippen LogP contribution in [0.3, 0.4) is 0 Å². The first-order chi connectivity index (χ1) is 9.26. The molecule has 1 aliphatic rings. The first-order valence-corrected chi connectivity index (χ1v) is 6.97. The molecule has 4 heteroatoms. The molecule has 2 N–H and O–H groups in total. The van der Waals surface area contributed by atoms with Crippen LogP contribution >= 0.6 is 0 Å². The number of carbonyl (C=O) groups excluding carboxylic acids is 1. The van der Waals surface area contributed by atoms with E-state index in [0.29, 0.717) is 26.1 Å². The number of nitrogens with one attached hydrogen (secondary N) is 1. The normalized spacial score (nSPS) is 17.5. The van der Waals surface area contributed by atoms with Gasteiger partial charge in [0, 0.05) is 31.9 Å². The van der Waals surface area contributed by atoms with Gasteiger partial charge in [-0.25, -0.2) is 0 Å². The van der Waals surface area contributed by atoms with Crippen molar-refractivity contribution in [2.75, 3.05) is 31.6 Å². The summed E-state index contributed by atoms with van der Waals surface area (Å²) >= 11 is 0. The van der Waals surface area contributed by atoms with Crippen molar-refractivity contribution in [3.63, 3.8) is 0 Å². The van der Waals surface area contributed by atoms with Gasteiger partial charge in [-0.2, -0.15) is 0 Å². The van der Waals surface area contributed by atoms with Crippen LogP contribution in [0.2, 0.25) is 0 Å². The Morgan fingerprint density at radius 1 is 1.47 bits per heavy atom. The number of rotatable bonds is 5. The maximum Gasteiger partial charge on any atom is 0.227 e. The molecular formula is C15H22N2O2. The number of anilines is 1. The van der Waals surface area contributed by atoms with E-state index < -0.39 is 0 Å². The fraction of sp³-hybridized carbons (Fsp3) is 0.533. The van der Waals surface area contributed by atoms with Crippen LogP contribution in [-0.2, 0) is 11.2 Å². The molecule has 0 fully saturated rings. The third kappa shape index (κ3) is 3.26. The molecule has 0 bridgehead atoms. The summed E-state index contributed by atoms with van der Waals surface area (Å²) in [6.45, 7) is 4.17. The Morgan fingerprint density at radius 3 is 3.00 bits per heavy atom. The second-order valence-electron chi connectivity index (χ2n) is 4.93. The van der Waals surface area contributed by atoms with Gasteiger partial charge in [0.2, 0.25) is 5.91 Å². The summed E-state index contributed by atoms with van der Waals surface area (Å²) in [5.41, 5.74) is 2.36. The number of hydrogen-bond acceptors (Lipinski definition) is 3. The van der Waals surface area contributed by atoms with E-state index in [9.17, 15) is 4.79 Å². The van der Waals surface area contributed by atoms with Crippen LogP contribution in [0.15, 0.2) is 24.3 Å². The second kappa shape index (κ2) is 6.57. The molecule has 1 aromatic carbocycles. The van der Waals surface area contributed by atoms with Gasteiger partial charge >= 0.3 is 0 Å². The van der Waals surface area contributed by atoms with Crippen molar-refractivity contribution in [1.82, 2.24) is 4.90 Å². The molecule has 1 heterocycles. The molecule has 0 radical (unpaired) electrons. The molecule has 1 aromatic rings. The largest absolute Gasteiger partial charge is 0.396 e. The highest BCUT2D eigenvalue weighted by Crippen LogP contribution is 2.25. The Labute approximate surface area is 114 Å². The number of aliphatic hydroxyl groups is 1. The predicted molar refractivity (Wildman–Crippen MR) is 76.1 cm³/mol. The Kier molecular flexibility index (Phi) is 4.80. The highest BCUT2D eigenvalue weighted by molar-refractivity contribution is 5.81. The van der Waals surface area contributed by atoms with Crippen molar-refractivity contribution in [2.24, 2.45) is 5.92 Å². The zero-order chi connectivity index (χ0) is 13.7. The lowest BCUT2D eigenvalue weighted by molar-refractivity contribution is -0.135. The number of benzene rings is 1. The van der Waals surface area contributed by atoms with Gasteiger partial charge in [0.15, 0.2) is 0 Å². The number of hydrogen-bond donors (Lipinski definition) is 2. The molecule has 1 amide bonds. The zero-order valence-electron chi connectivity index (χ0n) is 11.4. The number of fused-ring (bicyclic) bond motifs is 1. The molecule has 2 rings (SSSR count). The van der Waals surface area contributed by atoms with Crippen LogP contribution in [0.1, 0.15) is 18.9 Å². The number of nitrogens with zero attached hydrogens (tertiary/aromatic N) is 1. The van der Waals surface area contributed by atoms with E-state index in [1.165, 1.54) is 5.56 Å². The van der Waals surface area contributed by atoms with Crippen LogP contribution in [0, 0.1) is 5.92 Å². The molecule has 0 spiro atoms. The van der Waals surface area contributed by atoms with Crippen molar-refractivity contribution < 1.29 is 9.90 Å². The van der Waals surface area contributed by atoms with Gasteiger partial charge in [0.1, 0.15) is 0 Å². The van der Waals surface area contributed by atoms with Gasteiger partial charge in [0.25, 0.3) is 0 Å². The Balaban J connectivity index is 2.01. The summed E-state index contributed by atoms with van der Waals surface area (Å²) in [5.74, 6) is 0.200. The van der Waals surface area contributed by atoms with E-state index in [-0.39, 0.29) is 18.4 Å². The number of amides is 1. The van der Waals surface area contributed by atoms with E-state index in [0.717, 1.165) is 12.1 Å². The van der Waals surface area contributed by atoms with Crippen molar-refractivity contribution in [1.29, 1.82) is 0 Å². The maximum atomic E-state index is 12.4. The van der Waals surface area contributed by atoms with E-state index >= 15 is 0 Å². The fourth-order valence-corrected chi connectivity index (χ4v) is 2.56. The highest BCUT2D eigenvalue weighted by Gasteiger charge is 2.27. The Bertz CT molecular complexity index is 434. The van der Waals surface area contributed by atoms with Gasteiger partial charge in [-0.15, -0.1) is 0 Å². The SMILES string of the molecule is CCN(CCCO)C(=O)C1CNc2ccccc2C1. The van der Waals surface area contributed by atoms with Crippen molar-refractivity contribution in [2.45, 2.75) is 19.8 Å². The lowest BCUT2D eigenvalue weighted by Crippen LogP contribution is -2.42. The fourth-order valence-electron chi connectivity index (χ4n) is 2.56. The summed E-state index contributed by atoms with van der Waals surface area (Å²) in [5, 5.41) is 12.2. The molecule has 104 valence electrons. The average molecular weight is 262 g/mol. The first kappa shape index (κ1) is 13.9. The van der Waals surface area contributed by atoms with Gasteiger partial charge < -0.3 is 15.3 Å². The van der Waals surface area contributed by atoms with E-state index in [4.69, 9.17) is 5.11 Å². The minimum absolute atomic E-state index is 0.00791. The lowest BCUT2D eigenvalue weighted by atomic mass is 9.93. The Morgan fingerprint density at radius 2 is 2.26 bits per heavy atom. The molecule has 0 saturated heterocycles. The molecule has 19 heavy (non-hydrogen) atoms. The zero-order valence-corrected chi connectivity index (χ0v) is 11.4. The van der Waals surface area contributed by atoms with Gasteiger partial charge in [-0.3, -0.25) is 4.79 Å². The lowest BCUT2D eigenvalue weighted by Gasteiger charge is -2.30. The van der Waals surface area contributed by atoms with E-state index in [2.05, 4.69) is 17.4 Å². The number of carbonyl (C=O) groups is 1. The predicted octanol–water partition coefficient (Wildman–Crippen LogP) is 1.50. The minimum Gasteiger partial charge on any atom is -0.396 e. The second-order valence-corrected chi connectivity index (χ2v) is 4.93. The third-order valence-electron chi connectivity index (χ3n) is 3.65. The first-order valence-electron chi connectivity index (χ1n) is 6.97. The molecule has 1 atom stereocenters. The van der Waals surface area contributed by atoms with Gasteiger partial charge in [0.05, 0.1) is 5.92 Å². The van der Waals surface area contributed by atoms with Crippen molar-refractivity contribution >= 4 is 11.6 Å². The van der Waals surface area contributed by atoms with Crippen LogP contribution in [0.5, 0.6) is 0 Å². The minimum atomic E-state index is 0.00791. The van der Waals surface area contributed by atoms with Gasteiger partial charge in [-0.05, 0) is 31.4 Å². The number of aliphatic hydroxyl groups excluding tert-OH is 1. The van der Waals surface area contributed by atoms with E-state index in [1.807, 2.05) is 24.0 Å². The smallest absolute Gasteiger partial charge is 0.227 e. The Hall–Kier alpha value is -1.55. The quantitative estimate of drug-likeness (QED) is 0.845. The van der Waals surface area contributed by atoms with Crippen molar-refractivity contribution in [3.05, 3.63) is 29.8 Å². The monoisotopic (exact) mass is 262 g/mol. The molecule has 4 nitrogen and oxygen atoms in total. The molecular weight excluding hydrogens is 240 g/mol. The summed E-state index contributed by atoms with van der Waals surface area (Å²) < 4.78 is 0. The summed E-state index contributed by atoms with van der Waals surface area (Å²) in [6, 6.07) is 8.15. The van der Waals surface area contributed by atoms with Crippen LogP contribution in [0.25, 0.3) is 0 Å². The molecule has 0 saturated carbocycles.